The number of halogens is 1. The van der Waals surface area contributed by atoms with E-state index in [4.69, 9.17) is 21.4 Å². The molecular weight excluding hydrogens is 268 g/mol. The minimum Gasteiger partial charge on any atom is -0.394 e. The molecule has 5 atom stereocenters. The summed E-state index contributed by atoms with van der Waals surface area (Å²) in [5.41, 5.74) is 0. The summed E-state index contributed by atoms with van der Waals surface area (Å²) in [6.45, 7) is -0.338. The average Bonchev–Trinajstić information content (AvgIpc) is 2.36. The molecule has 6 N–H and O–H groups in total. The van der Waals surface area contributed by atoms with Gasteiger partial charge in [0.15, 0.2) is 6.29 Å². The molecule has 1 saturated heterocycles. The van der Waals surface area contributed by atoms with Gasteiger partial charge in [-0.25, -0.2) is 4.79 Å². The van der Waals surface area contributed by atoms with E-state index in [1.807, 2.05) is 0 Å². The van der Waals surface area contributed by atoms with Crippen molar-refractivity contribution in [2.75, 3.05) is 19.0 Å². The second-order valence-corrected chi connectivity index (χ2v) is 4.22. The number of carbonyl (C=O) groups is 1. The van der Waals surface area contributed by atoms with Crippen LogP contribution in [0.2, 0.25) is 0 Å². The van der Waals surface area contributed by atoms with Gasteiger partial charge >= 0.3 is 6.03 Å². The number of urea groups is 1. The van der Waals surface area contributed by atoms with Crippen LogP contribution < -0.4 is 10.6 Å². The van der Waals surface area contributed by atoms with E-state index in [-0.39, 0.29) is 12.4 Å². The van der Waals surface area contributed by atoms with Crippen molar-refractivity contribution in [3.63, 3.8) is 0 Å². The summed E-state index contributed by atoms with van der Waals surface area (Å²) in [7, 11) is 0. The van der Waals surface area contributed by atoms with Gasteiger partial charge in [0.25, 0.3) is 0 Å². The Morgan fingerprint density at radius 3 is 2.50 bits per heavy atom. The summed E-state index contributed by atoms with van der Waals surface area (Å²) in [6, 6.07) is -1.85. The minimum atomic E-state index is -1.53. The van der Waals surface area contributed by atoms with Crippen molar-refractivity contribution < 1.29 is 30.0 Å². The van der Waals surface area contributed by atoms with E-state index < -0.39 is 43.3 Å². The number of aliphatic hydroxyl groups is 4. The maximum absolute atomic E-state index is 11.3. The van der Waals surface area contributed by atoms with Gasteiger partial charge in [0.05, 0.1) is 6.61 Å². The van der Waals surface area contributed by atoms with E-state index in [9.17, 15) is 20.1 Å². The summed E-state index contributed by atoms with van der Waals surface area (Å²) >= 11 is 5.37. The van der Waals surface area contributed by atoms with Crippen molar-refractivity contribution in [2.45, 2.75) is 30.6 Å². The Morgan fingerprint density at radius 2 is 1.94 bits per heavy atom. The molecule has 1 rings (SSSR count). The quantitative estimate of drug-likeness (QED) is 0.312. The molecule has 0 aromatic heterocycles. The van der Waals surface area contributed by atoms with Crippen molar-refractivity contribution in [1.82, 2.24) is 10.6 Å². The number of aliphatic hydroxyl groups excluding tert-OH is 4. The highest BCUT2D eigenvalue weighted by atomic mass is 35.5. The van der Waals surface area contributed by atoms with Gasteiger partial charge in [-0.1, -0.05) is 0 Å². The number of amides is 2. The van der Waals surface area contributed by atoms with Crippen LogP contribution in [0.3, 0.4) is 0 Å². The lowest BCUT2D eigenvalue weighted by Gasteiger charge is -2.40. The minimum absolute atomic E-state index is 0.217. The van der Waals surface area contributed by atoms with Crippen LogP contribution in [0.5, 0.6) is 0 Å². The van der Waals surface area contributed by atoms with E-state index in [0.29, 0.717) is 0 Å². The van der Waals surface area contributed by atoms with Gasteiger partial charge in [0.1, 0.15) is 24.4 Å². The highest BCUT2D eigenvalue weighted by Gasteiger charge is 2.44. The summed E-state index contributed by atoms with van der Waals surface area (Å²) in [5.74, 6) is 0.217. The zero-order valence-corrected chi connectivity index (χ0v) is 10.2. The molecule has 106 valence electrons. The number of nitrogens with one attached hydrogen (secondary N) is 2. The first kappa shape index (κ1) is 15.4. The third-order valence-corrected chi connectivity index (χ3v) is 2.77. The van der Waals surface area contributed by atoms with E-state index in [1.54, 1.807) is 0 Å². The number of hydrogen-bond donors (Lipinski definition) is 6. The molecule has 2 amide bonds. The van der Waals surface area contributed by atoms with Crippen LogP contribution in [0.15, 0.2) is 0 Å². The number of carbonyl (C=O) groups excluding carboxylic acids is 1. The molecule has 0 spiro atoms. The van der Waals surface area contributed by atoms with Gasteiger partial charge in [-0.3, -0.25) is 0 Å². The van der Waals surface area contributed by atoms with Gasteiger partial charge in [0, 0.05) is 12.4 Å². The third-order valence-electron chi connectivity index (χ3n) is 2.58. The molecule has 0 aliphatic carbocycles. The molecule has 1 aliphatic rings. The molecule has 9 heteroatoms. The van der Waals surface area contributed by atoms with E-state index in [2.05, 4.69) is 10.6 Å². The Bertz CT molecular complexity index is 282. The summed E-state index contributed by atoms with van der Waals surface area (Å²) < 4.78 is 4.86. The normalized spacial score (nSPS) is 36.2. The Kier molecular flexibility index (Phi) is 6.06. The number of alkyl halides is 1. The van der Waals surface area contributed by atoms with Crippen molar-refractivity contribution in [3.05, 3.63) is 0 Å². The molecule has 0 aromatic carbocycles. The second-order valence-electron chi connectivity index (χ2n) is 3.84. The third kappa shape index (κ3) is 3.67. The van der Waals surface area contributed by atoms with Crippen LogP contribution in [0.1, 0.15) is 0 Å². The van der Waals surface area contributed by atoms with Gasteiger partial charge in [-0.2, -0.15) is 0 Å². The zero-order chi connectivity index (χ0) is 13.7. The van der Waals surface area contributed by atoms with Crippen LogP contribution in [0.25, 0.3) is 0 Å². The van der Waals surface area contributed by atoms with Crippen molar-refractivity contribution in [1.29, 1.82) is 0 Å². The van der Waals surface area contributed by atoms with Crippen molar-refractivity contribution in [3.8, 4) is 0 Å². The fourth-order valence-electron chi connectivity index (χ4n) is 1.62. The SMILES string of the molecule is O=C(NCCCl)N[C@H]1C(O)O[C@H](CO)[C@@H](O)[C@@H]1O. The first-order valence-corrected chi connectivity index (χ1v) is 5.95. The van der Waals surface area contributed by atoms with Gasteiger partial charge in [-0.15, -0.1) is 11.6 Å². The van der Waals surface area contributed by atoms with Crippen molar-refractivity contribution in [2.24, 2.45) is 0 Å². The molecule has 0 radical (unpaired) electrons. The lowest BCUT2D eigenvalue weighted by atomic mass is 9.97. The largest absolute Gasteiger partial charge is 0.394 e. The van der Waals surface area contributed by atoms with Crippen LogP contribution in [0, 0.1) is 0 Å². The molecule has 8 nitrogen and oxygen atoms in total. The fourth-order valence-corrected chi connectivity index (χ4v) is 1.71. The van der Waals surface area contributed by atoms with E-state index in [1.165, 1.54) is 0 Å². The fraction of sp³-hybridized carbons (Fsp3) is 0.889. The van der Waals surface area contributed by atoms with Crippen molar-refractivity contribution >= 4 is 17.6 Å². The van der Waals surface area contributed by atoms with Crippen LogP contribution >= 0.6 is 11.6 Å². The Hall–Kier alpha value is -0.640. The number of hydrogen-bond acceptors (Lipinski definition) is 6. The summed E-state index contributed by atoms with van der Waals surface area (Å²) in [5, 5.41) is 42.3. The zero-order valence-electron chi connectivity index (χ0n) is 9.49. The molecule has 1 heterocycles. The molecule has 1 unspecified atom stereocenters. The molecule has 1 aliphatic heterocycles. The molecule has 18 heavy (non-hydrogen) atoms. The highest BCUT2D eigenvalue weighted by Crippen LogP contribution is 2.19. The Labute approximate surface area is 109 Å². The van der Waals surface area contributed by atoms with E-state index in [0.717, 1.165) is 0 Å². The molecular formula is C9H17ClN2O6. The number of rotatable bonds is 4. The smallest absolute Gasteiger partial charge is 0.315 e. The Balaban J connectivity index is 2.57. The predicted octanol–water partition coefficient (Wildman–Crippen LogP) is -2.68. The molecule has 1 fully saturated rings. The first-order valence-electron chi connectivity index (χ1n) is 5.42. The molecule has 0 bridgehead atoms. The summed E-state index contributed by atoms with van der Waals surface area (Å²) in [6.07, 6.45) is -5.48. The standard InChI is InChI=1S/C9H17ClN2O6/c10-1-2-11-9(17)12-5-7(15)6(14)4(3-13)18-8(5)16/h4-8,13-16H,1-3H2,(H2,11,12,17)/t4-,5-,6-,7-,8?/m1/s1. The van der Waals surface area contributed by atoms with Crippen LogP contribution in [0.4, 0.5) is 4.79 Å². The summed E-state index contributed by atoms with van der Waals surface area (Å²) in [4.78, 5) is 11.3. The lowest BCUT2D eigenvalue weighted by molar-refractivity contribution is -0.252. The monoisotopic (exact) mass is 284 g/mol. The lowest BCUT2D eigenvalue weighted by Crippen LogP contribution is -2.65. The molecule has 0 saturated carbocycles. The van der Waals surface area contributed by atoms with Crippen LogP contribution in [-0.2, 0) is 4.74 Å². The predicted molar refractivity (Wildman–Crippen MR) is 61.0 cm³/mol. The first-order chi connectivity index (χ1) is 8.51. The molecule has 0 aromatic rings. The maximum atomic E-state index is 11.3. The highest BCUT2D eigenvalue weighted by molar-refractivity contribution is 6.18. The van der Waals surface area contributed by atoms with Gasteiger partial charge in [0.2, 0.25) is 0 Å². The Morgan fingerprint density at radius 1 is 1.28 bits per heavy atom. The van der Waals surface area contributed by atoms with E-state index >= 15 is 0 Å². The second kappa shape index (κ2) is 7.07. The topological polar surface area (TPSA) is 131 Å². The maximum Gasteiger partial charge on any atom is 0.315 e. The van der Waals surface area contributed by atoms with Gasteiger partial charge in [-0.05, 0) is 0 Å². The average molecular weight is 285 g/mol. The van der Waals surface area contributed by atoms with Crippen LogP contribution in [-0.4, -0.2) is 76.1 Å². The number of ether oxygens (including phenoxy) is 1. The van der Waals surface area contributed by atoms with Gasteiger partial charge < -0.3 is 35.8 Å².